The van der Waals surface area contributed by atoms with E-state index in [1.165, 1.54) is 118 Å². The lowest BCUT2D eigenvalue weighted by molar-refractivity contribution is 0.767. The van der Waals surface area contributed by atoms with Crippen LogP contribution in [0.15, 0.2) is 170 Å². The fraction of sp³-hybridized carbons (Fsp3) is 0.107. The minimum absolute atomic E-state index is 1.01. The molecule has 0 radical (unpaired) electrons. The Balaban J connectivity index is 1.14. The van der Waals surface area contributed by atoms with Crippen molar-refractivity contribution >= 4 is 107 Å². The summed E-state index contributed by atoms with van der Waals surface area (Å²) in [6, 6.07) is 64.9. The van der Waals surface area contributed by atoms with Crippen LogP contribution >= 0.6 is 22.7 Å². The molecule has 4 heteroatoms. The van der Waals surface area contributed by atoms with Crippen LogP contribution < -0.4 is 9.80 Å². The van der Waals surface area contributed by atoms with Gasteiger partial charge in [0, 0.05) is 76.2 Å². The lowest BCUT2D eigenvalue weighted by atomic mass is 9.84. The van der Waals surface area contributed by atoms with Crippen molar-refractivity contribution in [1.29, 1.82) is 0 Å². The fourth-order valence-electron chi connectivity index (χ4n) is 10.5. The Morgan fingerprint density at radius 1 is 0.333 bits per heavy atom. The Morgan fingerprint density at radius 3 is 1.27 bits per heavy atom. The van der Waals surface area contributed by atoms with Gasteiger partial charge in [0.25, 0.3) is 0 Å². The Labute approximate surface area is 357 Å². The second-order valence-electron chi connectivity index (χ2n) is 16.6. The maximum atomic E-state index is 2.56. The van der Waals surface area contributed by atoms with Gasteiger partial charge >= 0.3 is 0 Å². The number of anilines is 4. The molecule has 2 aliphatic rings. The van der Waals surface area contributed by atoms with Crippen LogP contribution in [0, 0.1) is 0 Å². The smallest absolute Gasteiger partial charge is 0.0443 e. The molecule has 11 aromatic rings. The number of para-hydroxylation sites is 2. The highest BCUT2D eigenvalue weighted by molar-refractivity contribution is 7.26. The molecule has 4 heterocycles. The number of hydrogen-bond acceptors (Lipinski definition) is 4. The summed E-state index contributed by atoms with van der Waals surface area (Å²) < 4.78 is 5.34. The Hall–Kier alpha value is -6.46. The highest BCUT2D eigenvalue weighted by Crippen LogP contribution is 2.49. The number of fused-ring (bicyclic) bond motifs is 10. The second-order valence-corrected chi connectivity index (χ2v) is 18.8. The summed E-state index contributed by atoms with van der Waals surface area (Å²) in [4.78, 5) is 5.11. The Kier molecular flexibility index (Phi) is 7.76. The zero-order valence-electron chi connectivity index (χ0n) is 33.1. The maximum absolute atomic E-state index is 2.56. The van der Waals surface area contributed by atoms with Crippen molar-refractivity contribution in [1.82, 2.24) is 0 Å². The zero-order chi connectivity index (χ0) is 39.3. The number of nitrogens with zero attached hydrogens (tertiary/aromatic N) is 2. The summed E-state index contributed by atoms with van der Waals surface area (Å²) in [5.41, 5.74) is 13.2. The summed E-state index contributed by atoms with van der Waals surface area (Å²) in [6.45, 7) is 2.02. The quantitative estimate of drug-likeness (QED) is 0.164. The summed E-state index contributed by atoms with van der Waals surface area (Å²) in [5, 5.41) is 10.5. The number of aryl methyl sites for hydroxylation is 2. The normalized spacial score (nSPS) is 14.2. The van der Waals surface area contributed by atoms with Crippen molar-refractivity contribution < 1.29 is 0 Å². The van der Waals surface area contributed by atoms with Gasteiger partial charge in [-0.25, -0.2) is 0 Å². The van der Waals surface area contributed by atoms with Gasteiger partial charge in [0.2, 0.25) is 0 Å². The average Bonchev–Trinajstić information content (AvgIpc) is 3.88. The van der Waals surface area contributed by atoms with Crippen LogP contribution in [0.4, 0.5) is 22.7 Å². The first-order valence-electron chi connectivity index (χ1n) is 21.3. The highest BCUT2D eigenvalue weighted by atomic mass is 32.1. The summed E-state index contributed by atoms with van der Waals surface area (Å²) in [7, 11) is 0. The summed E-state index contributed by atoms with van der Waals surface area (Å²) in [5.74, 6) is 0. The molecule has 0 saturated heterocycles. The molecule has 0 atom stereocenters. The topological polar surface area (TPSA) is 6.48 Å². The minimum Gasteiger partial charge on any atom is -0.341 e. The van der Waals surface area contributed by atoms with Crippen molar-refractivity contribution in [3.8, 4) is 22.3 Å². The minimum atomic E-state index is 1.01. The largest absolute Gasteiger partial charge is 0.341 e. The third-order valence-electron chi connectivity index (χ3n) is 13.3. The molecule has 60 heavy (non-hydrogen) atoms. The molecule has 286 valence electrons. The first-order chi connectivity index (χ1) is 29.7. The van der Waals surface area contributed by atoms with Crippen molar-refractivity contribution in [3.63, 3.8) is 0 Å². The van der Waals surface area contributed by atoms with Crippen molar-refractivity contribution in [2.24, 2.45) is 0 Å². The second kappa shape index (κ2) is 13.5. The number of benzene rings is 9. The van der Waals surface area contributed by atoms with Crippen LogP contribution in [0.25, 0.3) is 84.1 Å². The van der Waals surface area contributed by atoms with Crippen LogP contribution in [0.3, 0.4) is 0 Å². The molecule has 0 amide bonds. The van der Waals surface area contributed by atoms with Crippen LogP contribution in [0.5, 0.6) is 0 Å². The molecule has 0 N–H and O–H groups in total. The lowest BCUT2D eigenvalue weighted by Crippen LogP contribution is -2.24. The maximum Gasteiger partial charge on any atom is 0.0443 e. The first-order valence-corrected chi connectivity index (χ1v) is 22.9. The van der Waals surface area contributed by atoms with Gasteiger partial charge in [-0.15, -0.1) is 22.7 Å². The van der Waals surface area contributed by atoms with Gasteiger partial charge < -0.3 is 9.80 Å². The standard InChI is InChI=1S/C56H40N2S2/c1-5-17-49-35(11-1)13-9-29-57(49)39-23-25-43-47(33-39)55(37-21-27-53-45(31-37)41-15-3-7-19-51(41)59-53)44-26-24-40(58-30-10-14-36-12-2-6-18-50(36)58)34-48(44)56(43)38-22-28-54-46(32-38)42-16-4-8-20-52(42)60-54/h1-8,11-12,15-28,31-34H,9-10,13-14,29-30H2. The van der Waals surface area contributed by atoms with Crippen molar-refractivity contribution in [3.05, 3.63) is 181 Å². The van der Waals surface area contributed by atoms with Gasteiger partial charge in [-0.3, -0.25) is 0 Å². The molecular weight excluding hydrogens is 765 g/mol. The average molecular weight is 805 g/mol. The first kappa shape index (κ1) is 34.4. The molecule has 0 unspecified atom stereocenters. The fourth-order valence-corrected chi connectivity index (χ4v) is 12.7. The van der Waals surface area contributed by atoms with E-state index in [9.17, 15) is 0 Å². The molecule has 0 saturated carbocycles. The van der Waals surface area contributed by atoms with E-state index in [-0.39, 0.29) is 0 Å². The SMILES string of the molecule is c1ccc2c(c1)CCCN2c1ccc2c(-c3ccc4sc5ccccc5c4c3)c3cc(N4CCCc5ccccc54)ccc3c(-c3ccc4sc5ccccc5c4c3)c2c1. The van der Waals surface area contributed by atoms with Crippen LogP contribution in [-0.2, 0) is 12.8 Å². The number of hydrogen-bond donors (Lipinski definition) is 0. The van der Waals surface area contributed by atoms with Crippen LogP contribution in [0.1, 0.15) is 24.0 Å². The summed E-state index contributed by atoms with van der Waals surface area (Å²) >= 11 is 3.78. The van der Waals surface area contributed by atoms with Crippen LogP contribution in [0.2, 0.25) is 0 Å². The molecule has 2 aromatic heterocycles. The lowest BCUT2D eigenvalue weighted by Gasteiger charge is -2.32. The molecule has 0 bridgehead atoms. The van der Waals surface area contributed by atoms with E-state index < -0.39 is 0 Å². The van der Waals surface area contributed by atoms with Gasteiger partial charge in [-0.05, 0) is 153 Å². The van der Waals surface area contributed by atoms with Crippen molar-refractivity contribution in [2.75, 3.05) is 22.9 Å². The highest BCUT2D eigenvalue weighted by Gasteiger charge is 2.25. The van der Waals surface area contributed by atoms with Crippen molar-refractivity contribution in [2.45, 2.75) is 25.7 Å². The monoisotopic (exact) mass is 804 g/mol. The molecule has 13 rings (SSSR count). The van der Waals surface area contributed by atoms with E-state index in [0.29, 0.717) is 0 Å². The van der Waals surface area contributed by atoms with Gasteiger partial charge in [0.05, 0.1) is 0 Å². The summed E-state index contributed by atoms with van der Waals surface area (Å²) in [6.07, 6.45) is 4.53. The van der Waals surface area contributed by atoms with E-state index in [1.54, 1.807) is 0 Å². The third-order valence-corrected chi connectivity index (χ3v) is 15.6. The predicted molar refractivity (Wildman–Crippen MR) is 262 cm³/mol. The molecule has 9 aromatic carbocycles. The van der Waals surface area contributed by atoms with Gasteiger partial charge in [0.1, 0.15) is 0 Å². The number of rotatable bonds is 4. The molecule has 2 nitrogen and oxygen atoms in total. The van der Waals surface area contributed by atoms with Gasteiger partial charge in [0.15, 0.2) is 0 Å². The predicted octanol–water partition coefficient (Wildman–Crippen LogP) is 16.2. The van der Waals surface area contributed by atoms with E-state index in [1.807, 2.05) is 22.7 Å². The third kappa shape index (κ3) is 5.30. The Bertz CT molecular complexity index is 3300. The van der Waals surface area contributed by atoms with E-state index in [4.69, 9.17) is 0 Å². The Morgan fingerprint density at radius 2 is 0.767 bits per heavy atom. The van der Waals surface area contributed by atoms with E-state index >= 15 is 0 Å². The molecule has 0 spiro atoms. The molecule has 2 aliphatic heterocycles. The zero-order valence-corrected chi connectivity index (χ0v) is 34.8. The van der Waals surface area contributed by atoms with Crippen LogP contribution in [-0.4, -0.2) is 13.1 Å². The molecule has 0 aliphatic carbocycles. The van der Waals surface area contributed by atoms with E-state index in [2.05, 4.69) is 180 Å². The van der Waals surface area contributed by atoms with E-state index in [0.717, 1.165) is 38.8 Å². The van der Waals surface area contributed by atoms with Gasteiger partial charge in [-0.2, -0.15) is 0 Å². The van der Waals surface area contributed by atoms with Gasteiger partial charge in [-0.1, -0.05) is 97.1 Å². The molecular formula is C56H40N2S2. The molecule has 0 fully saturated rings. The number of thiophene rings is 2.